The fourth-order valence-corrected chi connectivity index (χ4v) is 4.21. The largest absolute Gasteiger partial charge is 0.480 e. The van der Waals surface area contributed by atoms with E-state index in [2.05, 4.69) is 9.97 Å². The number of fused-ring (bicyclic) bond motifs is 1. The highest BCUT2D eigenvalue weighted by Gasteiger charge is 2.27. The van der Waals surface area contributed by atoms with Crippen molar-refractivity contribution in [2.24, 2.45) is 7.05 Å². The van der Waals surface area contributed by atoms with Gasteiger partial charge in [0.05, 0.1) is 18.2 Å². The Kier molecular flexibility index (Phi) is 6.77. The van der Waals surface area contributed by atoms with Crippen molar-refractivity contribution in [2.45, 2.75) is 26.4 Å². The van der Waals surface area contributed by atoms with E-state index < -0.39 is 5.60 Å². The third-order valence-electron chi connectivity index (χ3n) is 5.85. The molecule has 9 nitrogen and oxygen atoms in total. The normalized spacial score (nSPS) is 14.5. The van der Waals surface area contributed by atoms with Crippen LogP contribution in [0.3, 0.4) is 0 Å². The molecular weight excluding hydrogens is 446 g/mol. The number of hydrogen-bond acceptors (Lipinski definition) is 6. The number of ether oxygens (including phenoxy) is 2. The minimum absolute atomic E-state index is 0.124. The predicted molar refractivity (Wildman–Crippen MR) is 134 cm³/mol. The van der Waals surface area contributed by atoms with Gasteiger partial charge in [0.2, 0.25) is 11.8 Å². The van der Waals surface area contributed by atoms with Gasteiger partial charge in [-0.05, 0) is 32.4 Å². The van der Waals surface area contributed by atoms with Gasteiger partial charge in [0.15, 0.2) is 0 Å². The summed E-state index contributed by atoms with van der Waals surface area (Å²) < 4.78 is 12.9. The standard InChI is InChI=1S/C26H31N5O4/c1-26(2,3)35-25(33)31-15-13-30(14-16-31)20(32)12-11-19-21-23(27-17-28-24(21)34-5)29(4)22(19)18-9-7-6-8-10-18/h6-12,17H,13-16H2,1-5H3/b12-11+. The average molecular weight is 478 g/mol. The molecule has 0 bridgehead atoms. The van der Waals surface area contributed by atoms with Gasteiger partial charge in [-0.1, -0.05) is 30.3 Å². The maximum Gasteiger partial charge on any atom is 0.410 e. The number of amides is 2. The third kappa shape index (κ3) is 5.13. The molecule has 3 aromatic rings. The summed E-state index contributed by atoms with van der Waals surface area (Å²) in [7, 11) is 3.51. The van der Waals surface area contributed by atoms with Gasteiger partial charge in [-0.15, -0.1) is 0 Å². The van der Waals surface area contributed by atoms with E-state index in [-0.39, 0.29) is 12.0 Å². The van der Waals surface area contributed by atoms with Crippen LogP contribution in [0.4, 0.5) is 4.79 Å². The number of aryl methyl sites for hydroxylation is 1. The van der Waals surface area contributed by atoms with E-state index >= 15 is 0 Å². The van der Waals surface area contributed by atoms with Crippen LogP contribution in [0.5, 0.6) is 5.88 Å². The van der Waals surface area contributed by atoms with Crippen LogP contribution in [0.1, 0.15) is 26.3 Å². The van der Waals surface area contributed by atoms with Crippen molar-refractivity contribution in [1.82, 2.24) is 24.3 Å². The molecule has 35 heavy (non-hydrogen) atoms. The number of nitrogens with zero attached hydrogens (tertiary/aromatic N) is 5. The Hall–Kier alpha value is -3.88. The lowest BCUT2D eigenvalue weighted by atomic mass is 10.1. The van der Waals surface area contributed by atoms with Crippen LogP contribution < -0.4 is 4.74 Å². The Labute approximate surface area is 205 Å². The molecule has 2 aromatic heterocycles. The van der Waals surface area contributed by atoms with Crippen molar-refractivity contribution < 1.29 is 19.1 Å². The van der Waals surface area contributed by atoms with Gasteiger partial charge in [-0.25, -0.2) is 14.8 Å². The fourth-order valence-electron chi connectivity index (χ4n) is 4.21. The molecule has 0 N–H and O–H groups in total. The minimum Gasteiger partial charge on any atom is -0.480 e. The Morgan fingerprint density at radius 1 is 1.00 bits per heavy atom. The highest BCUT2D eigenvalue weighted by atomic mass is 16.6. The van der Waals surface area contributed by atoms with Crippen LogP contribution in [-0.4, -0.2) is 75.2 Å². The topological polar surface area (TPSA) is 89.8 Å². The first-order valence-electron chi connectivity index (χ1n) is 11.6. The Bertz CT molecular complexity index is 1250. The second-order valence-electron chi connectivity index (χ2n) is 9.39. The molecule has 0 saturated carbocycles. The molecular formula is C26H31N5O4. The molecule has 1 aromatic carbocycles. The van der Waals surface area contributed by atoms with E-state index in [1.54, 1.807) is 29.1 Å². The van der Waals surface area contributed by atoms with Gasteiger partial charge in [0, 0.05) is 44.9 Å². The molecule has 3 heterocycles. The number of aromatic nitrogens is 3. The summed E-state index contributed by atoms with van der Waals surface area (Å²) in [5.74, 6) is 0.325. The van der Waals surface area contributed by atoms with Crippen LogP contribution in [0.15, 0.2) is 42.7 Å². The Morgan fingerprint density at radius 3 is 2.29 bits per heavy atom. The SMILES string of the molecule is COc1ncnc2c1c(/C=C/C(=O)N1CCN(C(=O)OC(C)(C)C)CC1)c(-c1ccccc1)n2C. The molecule has 1 saturated heterocycles. The lowest BCUT2D eigenvalue weighted by molar-refractivity contribution is -0.127. The summed E-state index contributed by atoms with van der Waals surface area (Å²) in [6.45, 7) is 7.26. The first-order chi connectivity index (χ1) is 16.7. The molecule has 0 unspecified atom stereocenters. The van der Waals surface area contributed by atoms with E-state index in [1.165, 1.54) is 6.33 Å². The second kappa shape index (κ2) is 9.77. The van der Waals surface area contributed by atoms with Gasteiger partial charge < -0.3 is 23.8 Å². The highest BCUT2D eigenvalue weighted by Crippen LogP contribution is 2.36. The molecule has 1 fully saturated rings. The summed E-state index contributed by atoms with van der Waals surface area (Å²) in [6.07, 6.45) is 4.49. The lowest BCUT2D eigenvalue weighted by Gasteiger charge is -2.35. The van der Waals surface area contributed by atoms with Crippen LogP contribution in [0.2, 0.25) is 0 Å². The second-order valence-corrected chi connectivity index (χ2v) is 9.39. The number of piperazine rings is 1. The molecule has 9 heteroatoms. The molecule has 1 aliphatic heterocycles. The third-order valence-corrected chi connectivity index (χ3v) is 5.85. The molecule has 0 spiro atoms. The van der Waals surface area contributed by atoms with Crippen molar-refractivity contribution >= 4 is 29.1 Å². The Morgan fingerprint density at radius 2 is 1.66 bits per heavy atom. The van der Waals surface area contributed by atoms with E-state index in [9.17, 15) is 9.59 Å². The maximum absolute atomic E-state index is 13.1. The number of methoxy groups -OCH3 is 1. The number of carbonyl (C=O) groups is 2. The first-order valence-corrected chi connectivity index (χ1v) is 11.6. The van der Waals surface area contributed by atoms with Crippen molar-refractivity contribution in [3.8, 4) is 17.1 Å². The van der Waals surface area contributed by atoms with Gasteiger partial charge in [0.1, 0.15) is 17.6 Å². The quantitative estimate of drug-likeness (QED) is 0.532. The number of hydrogen-bond donors (Lipinski definition) is 0. The van der Waals surface area contributed by atoms with Gasteiger partial charge in [0.25, 0.3) is 0 Å². The van der Waals surface area contributed by atoms with Crippen LogP contribution >= 0.6 is 0 Å². The number of benzene rings is 1. The van der Waals surface area contributed by atoms with Crippen molar-refractivity contribution in [3.05, 3.63) is 48.3 Å². The maximum atomic E-state index is 13.1. The highest BCUT2D eigenvalue weighted by molar-refractivity contribution is 6.02. The smallest absolute Gasteiger partial charge is 0.410 e. The van der Waals surface area contributed by atoms with Gasteiger partial charge in [-0.2, -0.15) is 0 Å². The Balaban J connectivity index is 1.59. The predicted octanol–water partition coefficient (Wildman–Crippen LogP) is 3.74. The molecule has 0 radical (unpaired) electrons. The first kappa shape index (κ1) is 24.3. The number of rotatable bonds is 4. The van der Waals surface area contributed by atoms with Crippen molar-refractivity contribution in [3.63, 3.8) is 0 Å². The minimum atomic E-state index is -0.549. The summed E-state index contributed by atoms with van der Waals surface area (Å²) >= 11 is 0. The van der Waals surface area contributed by atoms with Gasteiger partial charge >= 0.3 is 6.09 Å². The zero-order valence-electron chi connectivity index (χ0n) is 20.8. The summed E-state index contributed by atoms with van der Waals surface area (Å²) in [4.78, 5) is 37.5. The van der Waals surface area contributed by atoms with Crippen molar-refractivity contribution in [1.29, 1.82) is 0 Å². The van der Waals surface area contributed by atoms with E-state index in [1.807, 2.05) is 62.7 Å². The molecule has 0 aliphatic carbocycles. The molecule has 1 aliphatic rings. The monoisotopic (exact) mass is 477 g/mol. The molecule has 2 amide bonds. The van der Waals surface area contributed by atoms with Crippen LogP contribution in [-0.2, 0) is 16.6 Å². The average Bonchev–Trinajstić information content (AvgIpc) is 3.13. The molecule has 4 rings (SSSR count). The van der Waals surface area contributed by atoms with E-state index in [0.29, 0.717) is 37.7 Å². The lowest BCUT2D eigenvalue weighted by Crippen LogP contribution is -2.51. The number of carbonyl (C=O) groups excluding carboxylic acids is 2. The van der Waals surface area contributed by atoms with Crippen LogP contribution in [0, 0.1) is 0 Å². The zero-order chi connectivity index (χ0) is 25.2. The summed E-state index contributed by atoms with van der Waals surface area (Å²) in [5, 5.41) is 0.746. The summed E-state index contributed by atoms with van der Waals surface area (Å²) in [5.41, 5.74) is 2.89. The summed E-state index contributed by atoms with van der Waals surface area (Å²) in [6, 6.07) is 9.94. The zero-order valence-corrected chi connectivity index (χ0v) is 20.8. The molecule has 184 valence electrons. The van der Waals surface area contributed by atoms with Crippen LogP contribution in [0.25, 0.3) is 28.4 Å². The van der Waals surface area contributed by atoms with E-state index in [0.717, 1.165) is 22.2 Å². The van der Waals surface area contributed by atoms with E-state index in [4.69, 9.17) is 9.47 Å². The molecule has 0 atom stereocenters. The fraction of sp³-hybridized carbons (Fsp3) is 0.385. The van der Waals surface area contributed by atoms with Gasteiger partial charge in [-0.3, -0.25) is 4.79 Å². The van der Waals surface area contributed by atoms with Crippen molar-refractivity contribution in [2.75, 3.05) is 33.3 Å².